The summed E-state index contributed by atoms with van der Waals surface area (Å²) < 4.78 is 0. The molecule has 1 nitrogen and oxygen atoms in total. The van der Waals surface area contributed by atoms with E-state index in [2.05, 4.69) is 0 Å². The predicted molar refractivity (Wildman–Crippen MR) is 62.8 cm³/mol. The van der Waals surface area contributed by atoms with Crippen LogP contribution in [0.5, 0.6) is 0 Å². The number of halogens is 1. The molecule has 0 saturated heterocycles. The molecule has 0 fully saturated rings. The van der Waals surface area contributed by atoms with Crippen molar-refractivity contribution in [3.05, 3.63) is 41.4 Å². The third-order valence-corrected chi connectivity index (χ3v) is 2.94. The second-order valence-corrected chi connectivity index (χ2v) is 4.26. The lowest BCUT2D eigenvalue weighted by Crippen LogP contribution is -1.89. The first-order chi connectivity index (χ1) is 6.74. The van der Waals surface area contributed by atoms with E-state index in [0.717, 1.165) is 11.3 Å². The Morgan fingerprint density at radius 3 is 2.57 bits per heavy atom. The van der Waals surface area contributed by atoms with E-state index in [1.807, 2.05) is 30.3 Å². The lowest BCUT2D eigenvalue weighted by molar-refractivity contribution is 0.199. The van der Waals surface area contributed by atoms with Gasteiger partial charge in [0.25, 0.3) is 0 Å². The standard InChI is InChI=1S/C11H13ClOS/c1-9(13)10-3-5-11(6-4-10)14-8-2-7-12/h2-7,9,13H,8H2,1H3. The van der Waals surface area contributed by atoms with E-state index in [1.165, 1.54) is 10.4 Å². The summed E-state index contributed by atoms with van der Waals surface area (Å²) in [5.41, 5.74) is 2.47. The molecule has 0 aliphatic rings. The minimum Gasteiger partial charge on any atom is -0.389 e. The largest absolute Gasteiger partial charge is 0.389 e. The van der Waals surface area contributed by atoms with Crippen molar-refractivity contribution >= 4 is 23.4 Å². The highest BCUT2D eigenvalue weighted by molar-refractivity contribution is 7.99. The molecule has 1 rings (SSSR count). The summed E-state index contributed by atoms with van der Waals surface area (Å²) in [4.78, 5) is 1.18. The van der Waals surface area contributed by atoms with Gasteiger partial charge in [-0.15, -0.1) is 11.8 Å². The Hall–Kier alpha value is -0.440. The van der Waals surface area contributed by atoms with Crippen LogP contribution < -0.4 is 0 Å². The van der Waals surface area contributed by atoms with Crippen LogP contribution in [0.25, 0.3) is 0 Å². The molecule has 1 unspecified atom stereocenters. The molecule has 1 N–H and O–H groups in total. The van der Waals surface area contributed by atoms with Gasteiger partial charge in [0, 0.05) is 16.2 Å². The van der Waals surface area contributed by atoms with Crippen molar-refractivity contribution in [2.75, 3.05) is 5.75 Å². The maximum absolute atomic E-state index is 9.29. The molecule has 0 bridgehead atoms. The Bertz CT molecular complexity index is 293. The molecular weight excluding hydrogens is 216 g/mol. The first-order valence-corrected chi connectivity index (χ1v) is 5.82. The normalized spacial score (nSPS) is 13.4. The van der Waals surface area contributed by atoms with Gasteiger partial charge in [0.1, 0.15) is 0 Å². The molecule has 0 aliphatic heterocycles. The predicted octanol–water partition coefficient (Wildman–Crippen LogP) is 3.58. The fraction of sp³-hybridized carbons (Fsp3) is 0.273. The number of thioether (sulfide) groups is 1. The van der Waals surface area contributed by atoms with Crippen LogP contribution in [0.2, 0.25) is 0 Å². The number of rotatable bonds is 4. The van der Waals surface area contributed by atoms with Gasteiger partial charge in [-0.25, -0.2) is 0 Å². The van der Waals surface area contributed by atoms with Crippen LogP contribution in [0, 0.1) is 0 Å². The SMILES string of the molecule is CC(O)c1ccc(SCC=CCl)cc1. The molecule has 0 saturated carbocycles. The number of aliphatic hydroxyl groups is 1. The van der Waals surface area contributed by atoms with E-state index in [-0.39, 0.29) is 0 Å². The van der Waals surface area contributed by atoms with E-state index in [9.17, 15) is 5.11 Å². The van der Waals surface area contributed by atoms with E-state index in [0.29, 0.717) is 0 Å². The molecule has 76 valence electrons. The summed E-state index contributed by atoms with van der Waals surface area (Å²) in [6.07, 6.45) is 1.51. The smallest absolute Gasteiger partial charge is 0.0761 e. The highest BCUT2D eigenvalue weighted by atomic mass is 35.5. The molecule has 3 heteroatoms. The van der Waals surface area contributed by atoms with Crippen molar-refractivity contribution in [2.24, 2.45) is 0 Å². The lowest BCUT2D eigenvalue weighted by atomic mass is 10.1. The van der Waals surface area contributed by atoms with Crippen LogP contribution in [0.15, 0.2) is 40.8 Å². The summed E-state index contributed by atoms with van der Waals surface area (Å²) >= 11 is 7.12. The highest BCUT2D eigenvalue weighted by Gasteiger charge is 1.99. The van der Waals surface area contributed by atoms with E-state index in [4.69, 9.17) is 11.6 Å². The van der Waals surface area contributed by atoms with Crippen molar-refractivity contribution in [3.8, 4) is 0 Å². The molecule has 0 radical (unpaired) electrons. The molecule has 0 heterocycles. The van der Waals surface area contributed by atoms with Crippen LogP contribution >= 0.6 is 23.4 Å². The lowest BCUT2D eigenvalue weighted by Gasteiger charge is -2.04. The second-order valence-electron chi connectivity index (χ2n) is 2.92. The third kappa shape index (κ3) is 3.74. The monoisotopic (exact) mass is 228 g/mol. The Balaban J connectivity index is 2.55. The summed E-state index contributed by atoms with van der Waals surface area (Å²) in [6, 6.07) is 7.90. The summed E-state index contributed by atoms with van der Waals surface area (Å²) in [7, 11) is 0. The van der Waals surface area contributed by atoms with Crippen molar-refractivity contribution in [1.29, 1.82) is 0 Å². The van der Waals surface area contributed by atoms with Crippen LogP contribution in [0.4, 0.5) is 0 Å². The van der Waals surface area contributed by atoms with Crippen molar-refractivity contribution in [2.45, 2.75) is 17.9 Å². The Kier molecular flexibility index (Phi) is 5.09. The van der Waals surface area contributed by atoms with Gasteiger partial charge in [0.2, 0.25) is 0 Å². The van der Waals surface area contributed by atoms with Crippen molar-refractivity contribution < 1.29 is 5.11 Å². The molecule has 0 aliphatic carbocycles. The molecule has 1 atom stereocenters. The van der Waals surface area contributed by atoms with Crippen molar-refractivity contribution in [1.82, 2.24) is 0 Å². The Morgan fingerprint density at radius 2 is 2.07 bits per heavy atom. The topological polar surface area (TPSA) is 20.2 Å². The van der Waals surface area contributed by atoms with Gasteiger partial charge in [-0.05, 0) is 24.6 Å². The fourth-order valence-electron chi connectivity index (χ4n) is 1.02. The first kappa shape index (κ1) is 11.6. The summed E-state index contributed by atoms with van der Waals surface area (Å²) in [5, 5.41) is 9.29. The number of hydrogen-bond donors (Lipinski definition) is 1. The molecule has 0 aromatic heterocycles. The third-order valence-electron chi connectivity index (χ3n) is 1.80. The van der Waals surface area contributed by atoms with Crippen LogP contribution in [0.1, 0.15) is 18.6 Å². The van der Waals surface area contributed by atoms with Gasteiger partial charge in [0.05, 0.1) is 6.10 Å². The van der Waals surface area contributed by atoms with Gasteiger partial charge in [-0.3, -0.25) is 0 Å². The van der Waals surface area contributed by atoms with E-state index in [1.54, 1.807) is 18.7 Å². The zero-order valence-corrected chi connectivity index (χ0v) is 9.55. The fourth-order valence-corrected chi connectivity index (χ4v) is 1.93. The van der Waals surface area contributed by atoms with Crippen LogP contribution in [-0.2, 0) is 0 Å². The van der Waals surface area contributed by atoms with E-state index >= 15 is 0 Å². The minimum absolute atomic E-state index is 0.392. The maximum atomic E-state index is 9.29. The maximum Gasteiger partial charge on any atom is 0.0761 e. The molecule has 0 amide bonds. The first-order valence-electron chi connectivity index (χ1n) is 4.40. The van der Waals surface area contributed by atoms with Gasteiger partial charge in [0.15, 0.2) is 0 Å². The molecule has 1 aromatic carbocycles. The van der Waals surface area contributed by atoms with Crippen LogP contribution in [0.3, 0.4) is 0 Å². The summed E-state index contributed by atoms with van der Waals surface area (Å²) in [6.45, 7) is 1.76. The summed E-state index contributed by atoms with van der Waals surface area (Å²) in [5.74, 6) is 0.873. The number of hydrogen-bond acceptors (Lipinski definition) is 2. The highest BCUT2D eigenvalue weighted by Crippen LogP contribution is 2.20. The quantitative estimate of drug-likeness (QED) is 0.795. The van der Waals surface area contributed by atoms with E-state index < -0.39 is 6.10 Å². The minimum atomic E-state index is -0.392. The van der Waals surface area contributed by atoms with Gasteiger partial charge in [-0.2, -0.15) is 0 Å². The molecule has 14 heavy (non-hydrogen) atoms. The zero-order valence-electron chi connectivity index (χ0n) is 7.98. The molecule has 1 aromatic rings. The zero-order chi connectivity index (χ0) is 10.4. The number of aliphatic hydroxyl groups excluding tert-OH is 1. The molecule has 0 spiro atoms. The Morgan fingerprint density at radius 1 is 1.43 bits per heavy atom. The van der Waals surface area contributed by atoms with Gasteiger partial charge >= 0.3 is 0 Å². The second kappa shape index (κ2) is 6.12. The van der Waals surface area contributed by atoms with Gasteiger partial charge < -0.3 is 5.11 Å². The van der Waals surface area contributed by atoms with Crippen molar-refractivity contribution in [3.63, 3.8) is 0 Å². The molecular formula is C11H13ClOS. The average Bonchev–Trinajstić information content (AvgIpc) is 2.19. The number of benzene rings is 1. The van der Waals surface area contributed by atoms with Gasteiger partial charge in [-0.1, -0.05) is 29.8 Å². The average molecular weight is 229 g/mol. The Labute approximate surface area is 93.8 Å². The van der Waals surface area contributed by atoms with Crippen LogP contribution in [-0.4, -0.2) is 10.9 Å².